The molecule has 6 heteroatoms. The van der Waals surface area contributed by atoms with Gasteiger partial charge in [-0.25, -0.2) is 4.39 Å². The lowest BCUT2D eigenvalue weighted by Gasteiger charge is -2.14. The van der Waals surface area contributed by atoms with Gasteiger partial charge in [-0.1, -0.05) is 0 Å². The van der Waals surface area contributed by atoms with Gasteiger partial charge in [0.2, 0.25) is 0 Å². The fraction of sp³-hybridized carbons (Fsp3) is 0.286. The molecule has 0 aliphatic rings. The van der Waals surface area contributed by atoms with Crippen molar-refractivity contribution in [1.82, 2.24) is 9.88 Å². The quantitative estimate of drug-likeness (QED) is 0.900. The molecule has 0 fully saturated rings. The molecule has 0 radical (unpaired) electrons. The molecule has 1 amide bonds. The molecule has 5 nitrogen and oxygen atoms in total. The van der Waals surface area contributed by atoms with Crippen LogP contribution in [0.3, 0.4) is 0 Å². The van der Waals surface area contributed by atoms with Crippen molar-refractivity contribution < 1.29 is 19.1 Å². The summed E-state index contributed by atoms with van der Waals surface area (Å²) in [4.78, 5) is 26.8. The molecule has 0 bridgehead atoms. The van der Waals surface area contributed by atoms with E-state index in [9.17, 15) is 14.0 Å². The number of halogens is 1. The van der Waals surface area contributed by atoms with E-state index in [2.05, 4.69) is 4.98 Å². The molecule has 2 N–H and O–H groups in total. The van der Waals surface area contributed by atoms with Crippen LogP contribution in [0.2, 0.25) is 0 Å². The van der Waals surface area contributed by atoms with Crippen molar-refractivity contribution in [2.45, 2.75) is 13.3 Å². The van der Waals surface area contributed by atoms with E-state index in [0.29, 0.717) is 11.2 Å². The first-order chi connectivity index (χ1) is 9.38. The molecule has 2 aromatic rings. The molecular formula is C14H15FN2O3. The highest BCUT2D eigenvalue weighted by atomic mass is 19.1. The summed E-state index contributed by atoms with van der Waals surface area (Å²) in [6.45, 7) is 1.89. The van der Waals surface area contributed by atoms with Gasteiger partial charge in [0.1, 0.15) is 11.5 Å². The average Bonchev–Trinajstić information content (AvgIpc) is 2.78. The number of nitrogens with one attached hydrogen (secondary N) is 1. The molecule has 106 valence electrons. The first-order valence-electron chi connectivity index (χ1n) is 6.14. The number of carboxylic acid groups (broad SMARTS) is 1. The number of amides is 1. The summed E-state index contributed by atoms with van der Waals surface area (Å²) in [6.07, 6.45) is -0.115. The minimum atomic E-state index is -0.959. The second kappa shape index (κ2) is 5.32. The number of nitrogens with zero attached hydrogens (tertiary/aromatic N) is 1. The van der Waals surface area contributed by atoms with Crippen molar-refractivity contribution in [1.29, 1.82) is 0 Å². The Balaban J connectivity index is 2.26. The van der Waals surface area contributed by atoms with Crippen LogP contribution in [0.25, 0.3) is 10.9 Å². The summed E-state index contributed by atoms with van der Waals surface area (Å²) in [5.74, 6) is -1.64. The number of hydrogen-bond acceptors (Lipinski definition) is 2. The molecule has 0 atom stereocenters. The van der Waals surface area contributed by atoms with Crippen LogP contribution in [0.4, 0.5) is 4.39 Å². The number of hydrogen-bond donors (Lipinski definition) is 2. The molecular weight excluding hydrogens is 263 g/mol. The molecule has 1 aromatic carbocycles. The van der Waals surface area contributed by atoms with E-state index in [1.165, 1.54) is 24.1 Å². The van der Waals surface area contributed by atoms with E-state index in [0.717, 1.165) is 10.9 Å². The largest absolute Gasteiger partial charge is 0.481 e. The maximum Gasteiger partial charge on any atom is 0.305 e. The number of carboxylic acids is 1. The van der Waals surface area contributed by atoms with Crippen molar-refractivity contribution in [3.63, 3.8) is 0 Å². The summed E-state index contributed by atoms with van der Waals surface area (Å²) >= 11 is 0. The Labute approximate surface area is 115 Å². The highest BCUT2D eigenvalue weighted by molar-refractivity contribution is 5.98. The lowest BCUT2D eigenvalue weighted by atomic mass is 10.1. The van der Waals surface area contributed by atoms with Gasteiger partial charge in [0.15, 0.2) is 0 Å². The Morgan fingerprint density at radius 3 is 2.70 bits per heavy atom. The fourth-order valence-electron chi connectivity index (χ4n) is 2.06. The van der Waals surface area contributed by atoms with Gasteiger partial charge in [0.05, 0.1) is 6.42 Å². The summed E-state index contributed by atoms with van der Waals surface area (Å²) in [6, 6.07) is 4.39. The summed E-state index contributed by atoms with van der Waals surface area (Å²) in [7, 11) is 1.53. The van der Waals surface area contributed by atoms with Crippen LogP contribution in [0.15, 0.2) is 18.2 Å². The minimum Gasteiger partial charge on any atom is -0.481 e. The van der Waals surface area contributed by atoms with Crippen molar-refractivity contribution in [3.05, 3.63) is 35.3 Å². The molecule has 20 heavy (non-hydrogen) atoms. The zero-order valence-corrected chi connectivity index (χ0v) is 11.2. The maximum absolute atomic E-state index is 13.3. The summed E-state index contributed by atoms with van der Waals surface area (Å²) < 4.78 is 13.3. The SMILES string of the molecule is Cc1cc(F)cc2[nH]c(C(=O)N(C)CCC(=O)O)cc12. The molecule has 2 rings (SSSR count). The molecule has 1 heterocycles. The third kappa shape index (κ3) is 2.79. The van der Waals surface area contributed by atoms with Crippen LogP contribution in [0.1, 0.15) is 22.5 Å². The molecule has 1 aromatic heterocycles. The van der Waals surface area contributed by atoms with E-state index in [-0.39, 0.29) is 24.7 Å². The van der Waals surface area contributed by atoms with Gasteiger partial charge in [-0.2, -0.15) is 0 Å². The predicted octanol–water partition coefficient (Wildman–Crippen LogP) is 2.16. The van der Waals surface area contributed by atoms with Gasteiger partial charge in [-0.3, -0.25) is 9.59 Å². The second-order valence-electron chi connectivity index (χ2n) is 4.74. The lowest BCUT2D eigenvalue weighted by molar-refractivity contribution is -0.137. The van der Waals surface area contributed by atoms with E-state index in [1.54, 1.807) is 13.0 Å². The number of H-pyrrole nitrogens is 1. The number of aromatic amines is 1. The zero-order valence-electron chi connectivity index (χ0n) is 11.2. The maximum atomic E-state index is 13.3. The number of aromatic nitrogens is 1. The molecule has 0 spiro atoms. The van der Waals surface area contributed by atoms with Crippen molar-refractivity contribution in [3.8, 4) is 0 Å². The number of carbonyl (C=O) groups is 2. The predicted molar refractivity (Wildman–Crippen MR) is 72.2 cm³/mol. The number of carbonyl (C=O) groups excluding carboxylic acids is 1. The Morgan fingerprint density at radius 2 is 2.05 bits per heavy atom. The minimum absolute atomic E-state index is 0.115. The topological polar surface area (TPSA) is 73.4 Å². The Morgan fingerprint density at radius 1 is 1.35 bits per heavy atom. The van der Waals surface area contributed by atoms with Crippen LogP contribution < -0.4 is 0 Å². The third-order valence-electron chi connectivity index (χ3n) is 3.15. The molecule has 0 saturated heterocycles. The number of fused-ring (bicyclic) bond motifs is 1. The highest BCUT2D eigenvalue weighted by Gasteiger charge is 2.16. The molecule has 0 aliphatic carbocycles. The first kappa shape index (κ1) is 14.0. The van der Waals surface area contributed by atoms with Gasteiger partial charge >= 0.3 is 5.97 Å². The molecule has 0 aliphatic heterocycles. The summed E-state index contributed by atoms with van der Waals surface area (Å²) in [5, 5.41) is 9.39. The van der Waals surface area contributed by atoms with Crippen molar-refractivity contribution in [2.75, 3.05) is 13.6 Å². The van der Waals surface area contributed by atoms with Crippen molar-refractivity contribution >= 4 is 22.8 Å². The lowest BCUT2D eigenvalue weighted by Crippen LogP contribution is -2.29. The number of benzene rings is 1. The van der Waals surface area contributed by atoms with Gasteiger partial charge in [-0.05, 0) is 30.7 Å². The van der Waals surface area contributed by atoms with Gasteiger partial charge in [0.25, 0.3) is 5.91 Å². The Kier molecular flexibility index (Phi) is 3.74. The number of aryl methyl sites for hydroxylation is 1. The first-order valence-corrected chi connectivity index (χ1v) is 6.14. The molecule has 0 saturated carbocycles. The van der Waals surface area contributed by atoms with Gasteiger partial charge in [-0.15, -0.1) is 0 Å². The van der Waals surface area contributed by atoms with Crippen LogP contribution in [-0.2, 0) is 4.79 Å². The fourth-order valence-corrected chi connectivity index (χ4v) is 2.06. The van der Waals surface area contributed by atoms with Crippen molar-refractivity contribution in [2.24, 2.45) is 0 Å². The zero-order chi connectivity index (χ0) is 14.9. The van der Waals surface area contributed by atoms with E-state index in [4.69, 9.17) is 5.11 Å². The second-order valence-corrected chi connectivity index (χ2v) is 4.74. The van der Waals surface area contributed by atoms with Crippen LogP contribution in [0.5, 0.6) is 0 Å². The number of rotatable bonds is 4. The Bertz CT molecular complexity index is 678. The average molecular weight is 278 g/mol. The van der Waals surface area contributed by atoms with Gasteiger partial charge in [0, 0.05) is 24.5 Å². The smallest absolute Gasteiger partial charge is 0.305 e. The number of aliphatic carboxylic acids is 1. The Hall–Kier alpha value is -2.37. The van der Waals surface area contributed by atoms with E-state index >= 15 is 0 Å². The van der Waals surface area contributed by atoms with E-state index in [1.807, 2.05) is 0 Å². The highest BCUT2D eigenvalue weighted by Crippen LogP contribution is 2.21. The van der Waals surface area contributed by atoms with Crippen LogP contribution >= 0.6 is 0 Å². The van der Waals surface area contributed by atoms with Gasteiger partial charge < -0.3 is 15.0 Å². The van der Waals surface area contributed by atoms with Crippen LogP contribution in [0, 0.1) is 12.7 Å². The summed E-state index contributed by atoms with van der Waals surface area (Å²) in [5.41, 5.74) is 1.61. The van der Waals surface area contributed by atoms with E-state index < -0.39 is 5.97 Å². The normalized spacial score (nSPS) is 10.8. The molecule has 0 unspecified atom stereocenters. The van der Waals surface area contributed by atoms with Crippen LogP contribution in [-0.4, -0.2) is 40.5 Å². The third-order valence-corrected chi connectivity index (χ3v) is 3.15. The standard InChI is InChI=1S/C14H15FN2O3/c1-8-5-9(15)6-11-10(8)7-12(16-11)14(20)17(2)4-3-13(18)19/h5-7,16H,3-4H2,1-2H3,(H,18,19). The monoisotopic (exact) mass is 278 g/mol.